The van der Waals surface area contributed by atoms with Crippen LogP contribution in [-0.2, 0) is 6.61 Å². The maximum atomic E-state index is 13.1. The molecule has 100 valence electrons. The maximum Gasteiger partial charge on any atom is 0.387 e. The first-order valence-electron chi connectivity index (χ1n) is 5.54. The zero-order valence-corrected chi connectivity index (χ0v) is 9.82. The summed E-state index contributed by atoms with van der Waals surface area (Å²) in [5.41, 5.74) is 1.33. The van der Waals surface area contributed by atoms with Crippen molar-refractivity contribution < 1.29 is 23.0 Å². The summed E-state index contributed by atoms with van der Waals surface area (Å²) in [6.07, 6.45) is 0. The molecule has 5 heteroatoms. The molecule has 2 nitrogen and oxygen atoms in total. The molecule has 0 aliphatic heterocycles. The molecule has 0 unspecified atom stereocenters. The molecule has 0 radical (unpaired) electrons. The lowest BCUT2D eigenvalue weighted by molar-refractivity contribution is -0.0509. The van der Waals surface area contributed by atoms with Crippen LogP contribution in [0.1, 0.15) is 5.56 Å². The fourth-order valence-corrected chi connectivity index (χ4v) is 1.74. The summed E-state index contributed by atoms with van der Waals surface area (Å²) in [7, 11) is 0. The smallest absolute Gasteiger partial charge is 0.387 e. The van der Waals surface area contributed by atoms with Gasteiger partial charge in [0.15, 0.2) is 0 Å². The van der Waals surface area contributed by atoms with E-state index >= 15 is 0 Å². The molecule has 0 atom stereocenters. The Morgan fingerprint density at radius 3 is 2.42 bits per heavy atom. The molecule has 0 saturated carbocycles. The summed E-state index contributed by atoms with van der Waals surface area (Å²) in [5.74, 6) is -0.528. The van der Waals surface area contributed by atoms with Crippen LogP contribution in [0, 0.1) is 5.82 Å². The Morgan fingerprint density at radius 2 is 1.79 bits per heavy atom. The lowest BCUT2D eigenvalue weighted by Crippen LogP contribution is -2.04. The van der Waals surface area contributed by atoms with Crippen molar-refractivity contribution in [2.24, 2.45) is 0 Å². The van der Waals surface area contributed by atoms with Crippen molar-refractivity contribution in [2.45, 2.75) is 13.2 Å². The summed E-state index contributed by atoms with van der Waals surface area (Å²) in [6, 6.07) is 10.2. The van der Waals surface area contributed by atoms with Crippen LogP contribution in [0.25, 0.3) is 11.1 Å². The molecule has 2 aromatic carbocycles. The second-order valence-corrected chi connectivity index (χ2v) is 3.87. The van der Waals surface area contributed by atoms with Crippen LogP contribution in [0.2, 0.25) is 0 Å². The second-order valence-electron chi connectivity index (χ2n) is 3.87. The molecule has 0 amide bonds. The molecule has 0 heterocycles. The number of rotatable bonds is 4. The van der Waals surface area contributed by atoms with Crippen molar-refractivity contribution in [2.75, 3.05) is 0 Å². The van der Waals surface area contributed by atoms with Crippen LogP contribution < -0.4 is 4.74 Å². The molecule has 0 aliphatic carbocycles. The van der Waals surface area contributed by atoms with Gasteiger partial charge in [0.05, 0.1) is 6.61 Å². The van der Waals surface area contributed by atoms with Crippen molar-refractivity contribution in [3.63, 3.8) is 0 Å². The zero-order valence-electron chi connectivity index (χ0n) is 9.82. The lowest BCUT2D eigenvalue weighted by atomic mass is 10.0. The van der Waals surface area contributed by atoms with Crippen molar-refractivity contribution in [1.29, 1.82) is 0 Å². The first-order valence-corrected chi connectivity index (χ1v) is 5.54. The second kappa shape index (κ2) is 5.75. The third kappa shape index (κ3) is 3.26. The van der Waals surface area contributed by atoms with Gasteiger partial charge in [-0.2, -0.15) is 8.78 Å². The van der Waals surface area contributed by atoms with E-state index in [1.54, 1.807) is 12.1 Å². The van der Waals surface area contributed by atoms with E-state index in [0.717, 1.165) is 0 Å². The summed E-state index contributed by atoms with van der Waals surface area (Å²) in [5, 5.41) is 9.05. The molecule has 1 N–H and O–H groups in total. The van der Waals surface area contributed by atoms with Crippen LogP contribution in [-0.4, -0.2) is 11.7 Å². The van der Waals surface area contributed by atoms with E-state index in [9.17, 15) is 13.2 Å². The van der Waals surface area contributed by atoms with Gasteiger partial charge >= 0.3 is 6.61 Å². The van der Waals surface area contributed by atoms with Crippen molar-refractivity contribution in [3.05, 3.63) is 53.8 Å². The molecule has 0 fully saturated rings. The normalized spacial score (nSPS) is 10.8. The zero-order chi connectivity index (χ0) is 13.8. The minimum absolute atomic E-state index is 0.112. The topological polar surface area (TPSA) is 29.5 Å². The Labute approximate surface area is 108 Å². The highest BCUT2D eigenvalue weighted by Gasteiger charge is 2.11. The van der Waals surface area contributed by atoms with Gasteiger partial charge in [0, 0.05) is 5.56 Å². The van der Waals surface area contributed by atoms with Gasteiger partial charge in [0.25, 0.3) is 0 Å². The number of halogens is 3. The molecule has 0 saturated heterocycles. The third-order valence-corrected chi connectivity index (χ3v) is 2.61. The fraction of sp³-hybridized carbons (Fsp3) is 0.143. The maximum absolute atomic E-state index is 13.1. The molecule has 2 aromatic rings. The quantitative estimate of drug-likeness (QED) is 0.918. The molecule has 19 heavy (non-hydrogen) atoms. The number of benzene rings is 2. The van der Waals surface area contributed by atoms with Gasteiger partial charge < -0.3 is 9.84 Å². The standard InChI is InChI=1S/C14H11F3O2/c15-12-3-1-2-9(6-12)10-4-5-11(8-18)13(7-10)19-14(16)17/h1-7,14,18H,8H2. The van der Waals surface area contributed by atoms with E-state index < -0.39 is 19.0 Å². The minimum Gasteiger partial charge on any atom is -0.434 e. The predicted octanol–water partition coefficient (Wildman–Crippen LogP) is 3.59. The first-order chi connectivity index (χ1) is 9.10. The van der Waals surface area contributed by atoms with E-state index in [4.69, 9.17) is 5.11 Å². The molecule has 0 bridgehead atoms. The van der Waals surface area contributed by atoms with E-state index in [1.807, 2.05) is 0 Å². The minimum atomic E-state index is -2.98. The SMILES string of the molecule is OCc1ccc(-c2cccc(F)c2)cc1OC(F)F. The number of aliphatic hydroxyl groups is 1. The van der Waals surface area contributed by atoms with Crippen LogP contribution in [0.4, 0.5) is 13.2 Å². The van der Waals surface area contributed by atoms with E-state index in [1.165, 1.54) is 30.3 Å². The summed E-state index contributed by atoms with van der Waals surface area (Å²) < 4.78 is 42.0. The highest BCUT2D eigenvalue weighted by Crippen LogP contribution is 2.28. The van der Waals surface area contributed by atoms with Crippen molar-refractivity contribution >= 4 is 0 Å². The number of hydrogen-bond donors (Lipinski definition) is 1. The Bertz CT molecular complexity index is 570. The Morgan fingerprint density at radius 1 is 1.05 bits per heavy atom. The fourth-order valence-electron chi connectivity index (χ4n) is 1.74. The largest absolute Gasteiger partial charge is 0.434 e. The van der Waals surface area contributed by atoms with Gasteiger partial charge in [-0.3, -0.25) is 0 Å². The lowest BCUT2D eigenvalue weighted by Gasteiger charge is -2.11. The Kier molecular flexibility index (Phi) is 4.06. The molecule has 0 spiro atoms. The monoisotopic (exact) mass is 268 g/mol. The van der Waals surface area contributed by atoms with Gasteiger partial charge in [-0.05, 0) is 29.3 Å². The number of ether oxygens (including phenoxy) is 1. The van der Waals surface area contributed by atoms with E-state index in [2.05, 4.69) is 4.74 Å². The Balaban J connectivity index is 2.42. The van der Waals surface area contributed by atoms with Crippen LogP contribution >= 0.6 is 0 Å². The average Bonchev–Trinajstić information content (AvgIpc) is 2.38. The molecule has 0 aliphatic rings. The van der Waals surface area contributed by atoms with Gasteiger partial charge in [0.2, 0.25) is 0 Å². The average molecular weight is 268 g/mol. The predicted molar refractivity (Wildman–Crippen MR) is 64.4 cm³/mol. The number of alkyl halides is 2. The van der Waals surface area contributed by atoms with Crippen LogP contribution in [0.3, 0.4) is 0 Å². The highest BCUT2D eigenvalue weighted by molar-refractivity contribution is 5.66. The highest BCUT2D eigenvalue weighted by atomic mass is 19.3. The van der Waals surface area contributed by atoms with Crippen LogP contribution in [0.15, 0.2) is 42.5 Å². The summed E-state index contributed by atoms with van der Waals surface area (Å²) >= 11 is 0. The molecule has 2 rings (SSSR count). The van der Waals surface area contributed by atoms with Gasteiger partial charge in [-0.25, -0.2) is 4.39 Å². The molecular weight excluding hydrogens is 257 g/mol. The first kappa shape index (κ1) is 13.4. The van der Waals surface area contributed by atoms with E-state index in [-0.39, 0.29) is 11.3 Å². The number of hydrogen-bond acceptors (Lipinski definition) is 2. The Hall–Kier alpha value is -2.01. The third-order valence-electron chi connectivity index (χ3n) is 2.61. The van der Waals surface area contributed by atoms with Crippen molar-refractivity contribution in [1.82, 2.24) is 0 Å². The van der Waals surface area contributed by atoms with Crippen LogP contribution in [0.5, 0.6) is 5.75 Å². The number of aliphatic hydroxyl groups excluding tert-OH is 1. The van der Waals surface area contributed by atoms with Crippen molar-refractivity contribution in [3.8, 4) is 16.9 Å². The van der Waals surface area contributed by atoms with Gasteiger partial charge in [-0.1, -0.05) is 24.3 Å². The van der Waals surface area contributed by atoms with E-state index in [0.29, 0.717) is 11.1 Å². The summed E-state index contributed by atoms with van der Waals surface area (Å²) in [4.78, 5) is 0. The molecular formula is C14H11F3O2. The van der Waals surface area contributed by atoms with Gasteiger partial charge in [-0.15, -0.1) is 0 Å². The van der Waals surface area contributed by atoms with Gasteiger partial charge in [0.1, 0.15) is 11.6 Å². The molecule has 0 aromatic heterocycles. The summed E-state index contributed by atoms with van der Waals surface area (Å²) in [6.45, 7) is -3.39.